The Morgan fingerprint density at radius 2 is 2.14 bits per heavy atom. The largest absolute Gasteiger partial charge is 0.385 e. The molecule has 2 aliphatic carbocycles. The molecular formula is C20H30N2. The number of piperidine rings is 1. The zero-order chi connectivity index (χ0) is 15.3. The first-order valence-electron chi connectivity index (χ1n) is 9.23. The lowest BCUT2D eigenvalue weighted by Crippen LogP contribution is -2.58. The zero-order valence-electron chi connectivity index (χ0n) is 14.4. The van der Waals surface area contributed by atoms with Crippen LogP contribution in [0.4, 0.5) is 5.69 Å². The van der Waals surface area contributed by atoms with Crippen molar-refractivity contribution >= 4 is 5.69 Å². The van der Waals surface area contributed by atoms with Crippen molar-refractivity contribution < 1.29 is 0 Å². The number of rotatable bonds is 4. The van der Waals surface area contributed by atoms with Crippen LogP contribution in [0.3, 0.4) is 0 Å². The second kappa shape index (κ2) is 5.26. The maximum atomic E-state index is 3.50. The Labute approximate surface area is 135 Å². The van der Waals surface area contributed by atoms with E-state index in [0.717, 1.165) is 24.4 Å². The Morgan fingerprint density at radius 3 is 2.86 bits per heavy atom. The molecule has 2 bridgehead atoms. The minimum absolute atomic E-state index is 0.365. The van der Waals surface area contributed by atoms with E-state index < -0.39 is 0 Å². The first-order valence-corrected chi connectivity index (χ1v) is 9.23. The summed E-state index contributed by atoms with van der Waals surface area (Å²) in [7, 11) is 0. The van der Waals surface area contributed by atoms with E-state index in [4.69, 9.17) is 0 Å². The number of nitrogens with zero attached hydrogens (tertiary/aromatic N) is 1. The second-order valence-electron chi connectivity index (χ2n) is 8.07. The van der Waals surface area contributed by atoms with Gasteiger partial charge in [0.05, 0.1) is 0 Å². The SMILES string of the molecule is CCNc1ccc2c(c1)[C@]1(C)CCN(CC3CC3)[C@H](C2)C1C. The number of likely N-dealkylation sites (tertiary alicyclic amines) is 1. The van der Waals surface area contributed by atoms with E-state index in [-0.39, 0.29) is 0 Å². The molecule has 0 radical (unpaired) electrons. The molecule has 1 aromatic carbocycles. The third kappa shape index (κ3) is 2.27. The predicted octanol–water partition coefficient (Wildman–Crippen LogP) is 4.05. The standard InChI is InChI=1S/C20H30N2/c1-4-21-17-8-7-16-11-19-14(2)20(3,18(16)12-17)9-10-22(19)13-15-5-6-15/h7-8,12,14-15,19,21H,4-6,9-11,13H2,1-3H3/t14?,19-,20-/m1/s1. The van der Waals surface area contributed by atoms with Gasteiger partial charge in [-0.3, -0.25) is 4.90 Å². The molecule has 2 fully saturated rings. The van der Waals surface area contributed by atoms with Crippen LogP contribution in [0.5, 0.6) is 0 Å². The van der Waals surface area contributed by atoms with Gasteiger partial charge in [-0.15, -0.1) is 0 Å². The summed E-state index contributed by atoms with van der Waals surface area (Å²) in [5, 5.41) is 3.50. The van der Waals surface area contributed by atoms with Gasteiger partial charge in [-0.1, -0.05) is 19.9 Å². The van der Waals surface area contributed by atoms with Crippen molar-refractivity contribution in [2.75, 3.05) is 25.0 Å². The van der Waals surface area contributed by atoms with Gasteiger partial charge in [0.2, 0.25) is 0 Å². The van der Waals surface area contributed by atoms with Crippen molar-refractivity contribution in [3.8, 4) is 0 Å². The fourth-order valence-electron chi connectivity index (χ4n) is 4.88. The monoisotopic (exact) mass is 298 g/mol. The van der Waals surface area contributed by atoms with Gasteiger partial charge >= 0.3 is 0 Å². The fraction of sp³-hybridized carbons (Fsp3) is 0.700. The van der Waals surface area contributed by atoms with E-state index in [1.807, 2.05) is 0 Å². The van der Waals surface area contributed by atoms with Gasteiger partial charge in [0.15, 0.2) is 0 Å². The summed E-state index contributed by atoms with van der Waals surface area (Å²) in [6.45, 7) is 10.9. The van der Waals surface area contributed by atoms with E-state index in [9.17, 15) is 0 Å². The molecule has 120 valence electrons. The van der Waals surface area contributed by atoms with Gasteiger partial charge in [-0.2, -0.15) is 0 Å². The topological polar surface area (TPSA) is 15.3 Å². The summed E-state index contributed by atoms with van der Waals surface area (Å²) in [4.78, 5) is 2.82. The lowest BCUT2D eigenvalue weighted by molar-refractivity contribution is 0.0284. The predicted molar refractivity (Wildman–Crippen MR) is 93.5 cm³/mol. The lowest BCUT2D eigenvalue weighted by Gasteiger charge is -2.55. The van der Waals surface area contributed by atoms with Crippen LogP contribution in [0.25, 0.3) is 0 Å². The van der Waals surface area contributed by atoms with Crippen molar-refractivity contribution in [3.63, 3.8) is 0 Å². The molecule has 22 heavy (non-hydrogen) atoms. The first kappa shape index (κ1) is 14.6. The summed E-state index contributed by atoms with van der Waals surface area (Å²) in [6, 6.07) is 7.88. The molecule has 0 aromatic heterocycles. The Kier molecular flexibility index (Phi) is 3.48. The molecule has 2 heteroatoms. The highest BCUT2D eigenvalue weighted by molar-refractivity contribution is 5.53. The molecule has 1 aliphatic heterocycles. The van der Waals surface area contributed by atoms with Crippen molar-refractivity contribution in [2.45, 2.75) is 57.9 Å². The highest BCUT2D eigenvalue weighted by atomic mass is 15.2. The third-order valence-electron chi connectivity index (χ3n) is 6.69. The van der Waals surface area contributed by atoms with Gasteiger partial charge in [-0.25, -0.2) is 0 Å². The average molecular weight is 298 g/mol. The lowest BCUT2D eigenvalue weighted by atomic mass is 9.59. The number of hydrogen-bond donors (Lipinski definition) is 1. The van der Waals surface area contributed by atoms with Gasteiger partial charge in [0, 0.05) is 24.8 Å². The molecule has 0 spiro atoms. The maximum absolute atomic E-state index is 3.50. The van der Waals surface area contributed by atoms with Gasteiger partial charge in [0.25, 0.3) is 0 Å². The molecular weight excluding hydrogens is 268 g/mol. The first-order chi connectivity index (χ1) is 10.6. The Bertz CT molecular complexity index is 563. The molecule has 1 unspecified atom stereocenters. The summed E-state index contributed by atoms with van der Waals surface area (Å²) >= 11 is 0. The van der Waals surface area contributed by atoms with Gasteiger partial charge < -0.3 is 5.32 Å². The molecule has 2 nitrogen and oxygen atoms in total. The summed E-state index contributed by atoms with van der Waals surface area (Å²) in [6.07, 6.45) is 5.51. The summed E-state index contributed by atoms with van der Waals surface area (Å²) in [5.74, 6) is 1.78. The minimum Gasteiger partial charge on any atom is -0.385 e. The smallest absolute Gasteiger partial charge is 0.0343 e. The highest BCUT2D eigenvalue weighted by Crippen LogP contribution is 2.49. The van der Waals surface area contributed by atoms with E-state index >= 15 is 0 Å². The van der Waals surface area contributed by atoms with E-state index in [1.165, 1.54) is 44.5 Å². The quantitative estimate of drug-likeness (QED) is 0.902. The van der Waals surface area contributed by atoms with Crippen molar-refractivity contribution in [2.24, 2.45) is 11.8 Å². The number of benzene rings is 1. The second-order valence-corrected chi connectivity index (χ2v) is 8.07. The highest BCUT2D eigenvalue weighted by Gasteiger charge is 2.48. The number of nitrogens with one attached hydrogen (secondary N) is 1. The molecule has 1 heterocycles. The molecule has 4 rings (SSSR count). The molecule has 1 saturated carbocycles. The molecule has 1 N–H and O–H groups in total. The van der Waals surface area contributed by atoms with Crippen LogP contribution in [-0.4, -0.2) is 30.6 Å². The van der Waals surface area contributed by atoms with Crippen LogP contribution in [0.1, 0.15) is 51.2 Å². The van der Waals surface area contributed by atoms with Crippen LogP contribution in [0, 0.1) is 11.8 Å². The van der Waals surface area contributed by atoms with Crippen LogP contribution in [-0.2, 0) is 11.8 Å². The third-order valence-corrected chi connectivity index (χ3v) is 6.69. The van der Waals surface area contributed by atoms with E-state index in [2.05, 4.69) is 49.2 Å². The van der Waals surface area contributed by atoms with Crippen molar-refractivity contribution in [3.05, 3.63) is 29.3 Å². The molecule has 1 saturated heterocycles. The molecule has 1 aromatic rings. The van der Waals surface area contributed by atoms with Crippen molar-refractivity contribution in [1.29, 1.82) is 0 Å². The van der Waals surface area contributed by atoms with Gasteiger partial charge in [0.1, 0.15) is 0 Å². The number of fused-ring (bicyclic) bond motifs is 4. The Balaban J connectivity index is 1.67. The Hall–Kier alpha value is -1.02. The van der Waals surface area contributed by atoms with Crippen LogP contribution in [0.2, 0.25) is 0 Å². The number of anilines is 1. The average Bonchev–Trinajstić information content (AvgIpc) is 3.31. The summed E-state index contributed by atoms with van der Waals surface area (Å²) < 4.78 is 0. The normalized spacial score (nSPS) is 34.3. The molecule has 3 atom stereocenters. The Morgan fingerprint density at radius 1 is 1.32 bits per heavy atom. The van der Waals surface area contributed by atoms with E-state index in [0.29, 0.717) is 5.41 Å². The zero-order valence-corrected chi connectivity index (χ0v) is 14.4. The van der Waals surface area contributed by atoms with Crippen LogP contribution in [0.15, 0.2) is 18.2 Å². The molecule has 0 amide bonds. The fourth-order valence-corrected chi connectivity index (χ4v) is 4.88. The summed E-state index contributed by atoms with van der Waals surface area (Å²) in [5.41, 5.74) is 4.89. The van der Waals surface area contributed by atoms with Crippen LogP contribution < -0.4 is 5.32 Å². The van der Waals surface area contributed by atoms with E-state index in [1.54, 1.807) is 11.1 Å². The maximum Gasteiger partial charge on any atom is 0.0343 e. The number of hydrogen-bond acceptors (Lipinski definition) is 2. The van der Waals surface area contributed by atoms with Crippen LogP contribution >= 0.6 is 0 Å². The molecule has 3 aliphatic rings. The minimum atomic E-state index is 0.365. The van der Waals surface area contributed by atoms with Crippen molar-refractivity contribution in [1.82, 2.24) is 4.90 Å². The van der Waals surface area contributed by atoms with Gasteiger partial charge in [-0.05, 0) is 79.7 Å².